The molecule has 0 radical (unpaired) electrons. The van der Waals surface area contributed by atoms with Crippen molar-refractivity contribution in [2.24, 2.45) is 11.7 Å². The molecule has 6 nitrogen and oxygen atoms in total. The molecule has 1 aliphatic heterocycles. The van der Waals surface area contributed by atoms with E-state index in [9.17, 15) is 9.59 Å². The van der Waals surface area contributed by atoms with Crippen LogP contribution in [0.2, 0.25) is 0 Å². The van der Waals surface area contributed by atoms with Gasteiger partial charge in [-0.05, 0) is 25.0 Å². The van der Waals surface area contributed by atoms with E-state index in [1.807, 2.05) is 0 Å². The molecule has 1 amide bonds. The Labute approximate surface area is 104 Å². The van der Waals surface area contributed by atoms with Crippen molar-refractivity contribution in [1.82, 2.24) is 4.90 Å². The minimum atomic E-state index is -0.787. The van der Waals surface area contributed by atoms with Crippen molar-refractivity contribution in [3.05, 3.63) is 23.7 Å². The molecule has 1 aromatic heterocycles. The molecule has 0 aliphatic carbocycles. The SMILES string of the molecule is NCc1ccc(C(=O)N2CCC(C(=O)O)CC2)o1. The van der Waals surface area contributed by atoms with Gasteiger partial charge in [0.1, 0.15) is 5.76 Å². The Morgan fingerprint density at radius 2 is 2.06 bits per heavy atom. The number of carboxylic acids is 1. The number of amides is 1. The summed E-state index contributed by atoms with van der Waals surface area (Å²) < 4.78 is 5.29. The van der Waals surface area contributed by atoms with Crippen LogP contribution >= 0.6 is 0 Å². The van der Waals surface area contributed by atoms with Gasteiger partial charge in [-0.3, -0.25) is 9.59 Å². The summed E-state index contributed by atoms with van der Waals surface area (Å²) >= 11 is 0. The molecule has 1 saturated heterocycles. The highest BCUT2D eigenvalue weighted by Gasteiger charge is 2.28. The van der Waals surface area contributed by atoms with Gasteiger partial charge in [0, 0.05) is 13.1 Å². The van der Waals surface area contributed by atoms with Crippen LogP contribution < -0.4 is 5.73 Å². The predicted molar refractivity (Wildman–Crippen MR) is 62.9 cm³/mol. The van der Waals surface area contributed by atoms with Crippen molar-refractivity contribution in [2.45, 2.75) is 19.4 Å². The van der Waals surface area contributed by atoms with E-state index in [0.717, 1.165) is 0 Å². The number of rotatable bonds is 3. The summed E-state index contributed by atoms with van der Waals surface area (Å²) in [5, 5.41) is 8.88. The van der Waals surface area contributed by atoms with Gasteiger partial charge in [-0.1, -0.05) is 0 Å². The molecule has 0 aromatic carbocycles. The number of aliphatic carboxylic acids is 1. The lowest BCUT2D eigenvalue weighted by atomic mass is 9.97. The van der Waals surface area contributed by atoms with E-state index >= 15 is 0 Å². The Morgan fingerprint density at radius 1 is 1.39 bits per heavy atom. The maximum atomic E-state index is 12.0. The van der Waals surface area contributed by atoms with Crippen LogP contribution in [0.1, 0.15) is 29.2 Å². The summed E-state index contributed by atoms with van der Waals surface area (Å²) in [6.07, 6.45) is 0.983. The van der Waals surface area contributed by atoms with Crippen LogP contribution in [0.4, 0.5) is 0 Å². The van der Waals surface area contributed by atoms with Gasteiger partial charge >= 0.3 is 5.97 Å². The van der Waals surface area contributed by atoms with Gasteiger partial charge in [0.15, 0.2) is 5.76 Å². The Balaban J connectivity index is 1.97. The van der Waals surface area contributed by atoms with E-state index in [0.29, 0.717) is 31.7 Å². The van der Waals surface area contributed by atoms with Crippen LogP contribution in [-0.4, -0.2) is 35.0 Å². The highest BCUT2D eigenvalue weighted by Crippen LogP contribution is 2.20. The quantitative estimate of drug-likeness (QED) is 0.824. The first-order chi connectivity index (χ1) is 8.61. The Morgan fingerprint density at radius 3 is 2.56 bits per heavy atom. The number of nitrogens with zero attached hydrogens (tertiary/aromatic N) is 1. The number of nitrogens with two attached hydrogens (primary N) is 1. The summed E-state index contributed by atoms with van der Waals surface area (Å²) in [4.78, 5) is 24.5. The van der Waals surface area contributed by atoms with Gasteiger partial charge in [0.05, 0.1) is 12.5 Å². The molecule has 0 bridgehead atoms. The second-order valence-corrected chi connectivity index (χ2v) is 4.37. The van der Waals surface area contributed by atoms with Crippen LogP contribution in [0.15, 0.2) is 16.5 Å². The summed E-state index contributed by atoms with van der Waals surface area (Å²) in [5.74, 6) is -0.489. The molecule has 6 heteroatoms. The highest BCUT2D eigenvalue weighted by molar-refractivity contribution is 5.91. The van der Waals surface area contributed by atoms with Gasteiger partial charge in [-0.25, -0.2) is 0 Å². The average Bonchev–Trinajstić information content (AvgIpc) is 2.86. The lowest BCUT2D eigenvalue weighted by Gasteiger charge is -2.29. The average molecular weight is 252 g/mol. The highest BCUT2D eigenvalue weighted by atomic mass is 16.4. The van der Waals surface area contributed by atoms with Crippen molar-refractivity contribution in [3.63, 3.8) is 0 Å². The van der Waals surface area contributed by atoms with Crippen LogP contribution in [0, 0.1) is 5.92 Å². The number of carbonyl (C=O) groups is 2. The number of carboxylic acid groups (broad SMARTS) is 1. The van der Waals surface area contributed by atoms with Gasteiger partial charge in [-0.2, -0.15) is 0 Å². The fourth-order valence-corrected chi connectivity index (χ4v) is 2.09. The Kier molecular flexibility index (Phi) is 3.66. The van der Waals surface area contributed by atoms with Gasteiger partial charge in [0.25, 0.3) is 5.91 Å². The molecule has 2 rings (SSSR count). The molecule has 1 aliphatic rings. The lowest BCUT2D eigenvalue weighted by molar-refractivity contribution is -0.143. The maximum Gasteiger partial charge on any atom is 0.306 e. The maximum absolute atomic E-state index is 12.0. The summed E-state index contributed by atoms with van der Waals surface area (Å²) in [6.45, 7) is 1.16. The zero-order valence-corrected chi connectivity index (χ0v) is 9.96. The van der Waals surface area contributed by atoms with Crippen molar-refractivity contribution in [3.8, 4) is 0 Å². The van der Waals surface area contributed by atoms with Gasteiger partial charge < -0.3 is 20.2 Å². The molecule has 2 heterocycles. The van der Waals surface area contributed by atoms with Crippen LogP contribution in [-0.2, 0) is 11.3 Å². The van der Waals surface area contributed by atoms with E-state index in [1.165, 1.54) is 0 Å². The molecular formula is C12H16N2O4. The largest absolute Gasteiger partial charge is 0.481 e. The smallest absolute Gasteiger partial charge is 0.306 e. The number of piperidine rings is 1. The van der Waals surface area contributed by atoms with Crippen molar-refractivity contribution in [1.29, 1.82) is 0 Å². The standard InChI is InChI=1S/C12H16N2O4/c13-7-9-1-2-10(18-9)11(15)14-5-3-8(4-6-14)12(16)17/h1-2,8H,3-7,13H2,(H,16,17). The van der Waals surface area contributed by atoms with Gasteiger partial charge in [-0.15, -0.1) is 0 Å². The molecule has 3 N–H and O–H groups in total. The first-order valence-corrected chi connectivity index (χ1v) is 5.92. The summed E-state index contributed by atoms with van der Waals surface area (Å²) in [7, 11) is 0. The molecular weight excluding hydrogens is 236 g/mol. The topological polar surface area (TPSA) is 96.8 Å². The molecule has 1 fully saturated rings. The molecule has 18 heavy (non-hydrogen) atoms. The number of hydrogen-bond donors (Lipinski definition) is 2. The number of furan rings is 1. The summed E-state index contributed by atoms with van der Waals surface area (Å²) in [6, 6.07) is 3.28. The minimum Gasteiger partial charge on any atom is -0.481 e. The number of hydrogen-bond acceptors (Lipinski definition) is 4. The molecule has 0 unspecified atom stereocenters. The van der Waals surface area contributed by atoms with E-state index in [1.54, 1.807) is 17.0 Å². The second-order valence-electron chi connectivity index (χ2n) is 4.37. The summed E-state index contributed by atoms with van der Waals surface area (Å²) in [5.41, 5.74) is 5.41. The Hall–Kier alpha value is -1.82. The molecule has 0 atom stereocenters. The monoisotopic (exact) mass is 252 g/mol. The third-order valence-electron chi connectivity index (χ3n) is 3.21. The van der Waals surface area contributed by atoms with Crippen LogP contribution in [0.5, 0.6) is 0 Å². The number of likely N-dealkylation sites (tertiary alicyclic amines) is 1. The minimum absolute atomic E-state index is 0.196. The fourth-order valence-electron chi connectivity index (χ4n) is 2.09. The molecule has 0 spiro atoms. The van der Waals surface area contributed by atoms with Gasteiger partial charge in [0.2, 0.25) is 0 Å². The van der Waals surface area contributed by atoms with Crippen molar-refractivity contribution >= 4 is 11.9 Å². The van der Waals surface area contributed by atoms with Crippen LogP contribution in [0.3, 0.4) is 0 Å². The third-order valence-corrected chi connectivity index (χ3v) is 3.21. The third kappa shape index (κ3) is 2.53. The first kappa shape index (κ1) is 12.6. The molecule has 98 valence electrons. The van der Waals surface area contributed by atoms with E-state index in [4.69, 9.17) is 15.3 Å². The first-order valence-electron chi connectivity index (χ1n) is 5.92. The van der Waals surface area contributed by atoms with E-state index in [2.05, 4.69) is 0 Å². The van der Waals surface area contributed by atoms with Crippen LogP contribution in [0.25, 0.3) is 0 Å². The predicted octanol–water partition coefficient (Wildman–Crippen LogP) is 0.675. The Bertz CT molecular complexity index is 447. The number of carbonyl (C=O) groups excluding carboxylic acids is 1. The van der Waals surface area contributed by atoms with E-state index in [-0.39, 0.29) is 24.1 Å². The molecule has 0 saturated carbocycles. The fraction of sp³-hybridized carbons (Fsp3) is 0.500. The van der Waals surface area contributed by atoms with E-state index < -0.39 is 5.97 Å². The molecule has 1 aromatic rings. The second kappa shape index (κ2) is 5.22. The zero-order chi connectivity index (χ0) is 13.1. The normalized spacial score (nSPS) is 16.8. The van der Waals surface area contributed by atoms with Crippen molar-refractivity contribution in [2.75, 3.05) is 13.1 Å². The zero-order valence-electron chi connectivity index (χ0n) is 9.96. The lowest BCUT2D eigenvalue weighted by Crippen LogP contribution is -2.40. The van der Waals surface area contributed by atoms with Crippen molar-refractivity contribution < 1.29 is 19.1 Å².